The van der Waals surface area contributed by atoms with Crippen LogP contribution in [0.5, 0.6) is 0 Å². The average molecular weight is 117 g/mol. The first-order valence-electron chi connectivity index (χ1n) is 2.76. The molecule has 0 aliphatic rings. The maximum Gasteiger partial charge on any atom is 0.137 e. The van der Waals surface area contributed by atoms with Crippen LogP contribution in [-0.4, -0.2) is 9.97 Å². The third-order valence-electron chi connectivity index (χ3n) is 1.24. The van der Waals surface area contributed by atoms with Gasteiger partial charge in [-0.2, -0.15) is 0 Å². The second-order valence-corrected chi connectivity index (χ2v) is 1.83. The van der Waals surface area contributed by atoms with E-state index in [-0.39, 0.29) is 0 Å². The third kappa shape index (κ3) is 0.598. The van der Waals surface area contributed by atoms with Crippen molar-refractivity contribution in [1.82, 2.24) is 9.97 Å². The number of H-pyrrole nitrogens is 1. The fourth-order valence-corrected chi connectivity index (χ4v) is 0.819. The molecule has 2 nitrogen and oxygen atoms in total. The predicted octanol–water partition coefficient (Wildman–Crippen LogP) is 1.36. The molecule has 0 bridgehead atoms. The van der Waals surface area contributed by atoms with Crippen LogP contribution >= 0.6 is 0 Å². The van der Waals surface area contributed by atoms with Crippen LogP contribution in [0.15, 0.2) is 24.5 Å². The Morgan fingerprint density at radius 2 is 2.56 bits per heavy atom. The van der Waals surface area contributed by atoms with Gasteiger partial charge in [0.2, 0.25) is 0 Å². The summed E-state index contributed by atoms with van der Waals surface area (Å²) in [5.74, 6) is 0. The summed E-state index contributed by atoms with van der Waals surface area (Å²) >= 11 is 0. The van der Waals surface area contributed by atoms with Crippen LogP contribution in [0.1, 0.15) is 0 Å². The monoisotopic (exact) mass is 117 g/mol. The van der Waals surface area contributed by atoms with Crippen molar-refractivity contribution in [3.8, 4) is 0 Å². The Morgan fingerprint density at radius 3 is 3.44 bits per heavy atom. The molecule has 2 rings (SSSR count). The summed E-state index contributed by atoms with van der Waals surface area (Å²) in [6.45, 7) is 0. The predicted molar refractivity (Wildman–Crippen MR) is 34.9 cm³/mol. The Labute approximate surface area is 52.5 Å². The van der Waals surface area contributed by atoms with Crippen LogP contribution in [0.2, 0.25) is 0 Å². The molecule has 2 heterocycles. The van der Waals surface area contributed by atoms with Gasteiger partial charge in [-0.25, -0.2) is 4.98 Å². The lowest BCUT2D eigenvalue weighted by Gasteiger charge is -1.82. The van der Waals surface area contributed by atoms with Crippen molar-refractivity contribution in [3.05, 3.63) is 30.6 Å². The molecule has 2 aromatic heterocycles. The van der Waals surface area contributed by atoms with Crippen molar-refractivity contribution in [3.63, 3.8) is 0 Å². The van der Waals surface area contributed by atoms with Crippen LogP contribution < -0.4 is 0 Å². The quantitative estimate of drug-likeness (QED) is 0.554. The van der Waals surface area contributed by atoms with E-state index in [4.69, 9.17) is 0 Å². The van der Waals surface area contributed by atoms with E-state index < -0.39 is 0 Å². The van der Waals surface area contributed by atoms with Gasteiger partial charge < -0.3 is 4.98 Å². The van der Waals surface area contributed by atoms with Gasteiger partial charge in [0, 0.05) is 23.8 Å². The van der Waals surface area contributed by atoms with Gasteiger partial charge in [0.25, 0.3) is 0 Å². The minimum atomic E-state index is 0.900. The molecule has 1 radical (unpaired) electrons. The Kier molecular flexibility index (Phi) is 0.803. The standard InChI is InChI=1S/C7H5N2/c1-2-6-3-5-9-7(6)8-4-1/h1-2,4-5H,(H,8,9). The maximum absolute atomic E-state index is 4.05. The number of fused-ring (bicyclic) bond motifs is 1. The molecule has 0 fully saturated rings. The van der Waals surface area contributed by atoms with Gasteiger partial charge in [-0.05, 0) is 12.1 Å². The first kappa shape index (κ1) is 4.56. The Hall–Kier alpha value is -1.31. The number of pyridine rings is 1. The van der Waals surface area contributed by atoms with Gasteiger partial charge in [0.15, 0.2) is 0 Å². The van der Waals surface area contributed by atoms with Gasteiger partial charge >= 0.3 is 0 Å². The lowest BCUT2D eigenvalue weighted by molar-refractivity contribution is 1.33. The topological polar surface area (TPSA) is 28.7 Å². The summed E-state index contributed by atoms with van der Waals surface area (Å²) in [6, 6.07) is 6.87. The molecule has 0 aliphatic carbocycles. The second-order valence-electron chi connectivity index (χ2n) is 1.83. The van der Waals surface area contributed by atoms with E-state index in [1.807, 2.05) is 12.1 Å². The third-order valence-corrected chi connectivity index (χ3v) is 1.24. The number of nitrogens with one attached hydrogen (secondary N) is 1. The molecule has 2 aromatic rings. The maximum atomic E-state index is 4.05. The molecule has 0 saturated carbocycles. The molecule has 0 spiro atoms. The number of nitrogens with zero attached hydrogens (tertiary/aromatic N) is 1. The molecule has 0 amide bonds. The van der Waals surface area contributed by atoms with Gasteiger partial charge in [-0.15, -0.1) is 0 Å². The minimum Gasteiger partial charge on any atom is -0.346 e. The molecule has 43 valence electrons. The number of rotatable bonds is 0. The summed E-state index contributed by atoms with van der Waals surface area (Å²) in [5.41, 5.74) is 0.900. The molecule has 0 unspecified atom stereocenters. The first-order valence-corrected chi connectivity index (χ1v) is 2.76. The Morgan fingerprint density at radius 1 is 1.56 bits per heavy atom. The number of hydrogen-bond donors (Lipinski definition) is 1. The molecule has 0 atom stereocenters. The first-order chi connectivity index (χ1) is 4.47. The molecular weight excluding hydrogens is 112 g/mol. The van der Waals surface area contributed by atoms with Crippen molar-refractivity contribution in [2.45, 2.75) is 0 Å². The molecule has 1 N–H and O–H groups in total. The minimum absolute atomic E-state index is 0.900. The van der Waals surface area contributed by atoms with Crippen molar-refractivity contribution in [1.29, 1.82) is 0 Å². The summed E-state index contributed by atoms with van der Waals surface area (Å²) in [7, 11) is 0. The van der Waals surface area contributed by atoms with Crippen molar-refractivity contribution in [2.24, 2.45) is 0 Å². The molecular formula is C7H5N2. The van der Waals surface area contributed by atoms with Crippen LogP contribution in [0.3, 0.4) is 0 Å². The van der Waals surface area contributed by atoms with E-state index in [2.05, 4.69) is 16.0 Å². The highest BCUT2D eigenvalue weighted by atomic mass is 14.8. The average Bonchev–Trinajstić information content (AvgIpc) is 2.33. The number of aromatic nitrogens is 2. The largest absolute Gasteiger partial charge is 0.346 e. The molecule has 2 heteroatoms. The van der Waals surface area contributed by atoms with Gasteiger partial charge in [-0.3, -0.25) is 0 Å². The molecule has 0 aromatic carbocycles. The molecule has 9 heavy (non-hydrogen) atoms. The zero-order valence-corrected chi connectivity index (χ0v) is 4.76. The smallest absolute Gasteiger partial charge is 0.137 e. The lowest BCUT2D eigenvalue weighted by atomic mass is 10.3. The second kappa shape index (κ2) is 1.58. The number of hydrogen-bond acceptors (Lipinski definition) is 1. The van der Waals surface area contributed by atoms with Gasteiger partial charge in [-0.1, -0.05) is 0 Å². The van der Waals surface area contributed by atoms with Gasteiger partial charge in [0.1, 0.15) is 5.65 Å². The summed E-state index contributed by atoms with van der Waals surface area (Å²) < 4.78 is 0. The molecule has 0 aliphatic heterocycles. The van der Waals surface area contributed by atoms with Crippen molar-refractivity contribution in [2.75, 3.05) is 0 Å². The highest BCUT2D eigenvalue weighted by Crippen LogP contribution is 2.04. The van der Waals surface area contributed by atoms with Gasteiger partial charge in [0.05, 0.1) is 0 Å². The van der Waals surface area contributed by atoms with E-state index >= 15 is 0 Å². The van der Waals surface area contributed by atoms with E-state index in [0.717, 1.165) is 11.0 Å². The Bertz CT molecular complexity index is 281. The highest BCUT2D eigenvalue weighted by Gasteiger charge is 1.89. The van der Waals surface area contributed by atoms with Crippen LogP contribution in [0, 0.1) is 6.07 Å². The Balaban J connectivity index is 2.95. The van der Waals surface area contributed by atoms with E-state index in [0.29, 0.717) is 0 Å². The SMILES string of the molecule is [c]1c[nH]c2ncccc12. The van der Waals surface area contributed by atoms with Crippen molar-refractivity contribution >= 4 is 11.0 Å². The van der Waals surface area contributed by atoms with E-state index in [1.165, 1.54) is 0 Å². The zero-order valence-electron chi connectivity index (χ0n) is 4.76. The molecule has 0 saturated heterocycles. The fraction of sp³-hybridized carbons (Fsp3) is 0. The number of aromatic amines is 1. The van der Waals surface area contributed by atoms with Crippen molar-refractivity contribution < 1.29 is 0 Å². The van der Waals surface area contributed by atoms with Crippen LogP contribution in [0.25, 0.3) is 11.0 Å². The van der Waals surface area contributed by atoms with E-state index in [9.17, 15) is 0 Å². The normalized spacial score (nSPS) is 10.2. The highest BCUT2D eigenvalue weighted by molar-refractivity contribution is 5.73. The van der Waals surface area contributed by atoms with E-state index in [1.54, 1.807) is 12.4 Å². The zero-order chi connectivity index (χ0) is 6.10. The van der Waals surface area contributed by atoms with Crippen LogP contribution in [0.4, 0.5) is 0 Å². The fourth-order valence-electron chi connectivity index (χ4n) is 0.819. The lowest BCUT2D eigenvalue weighted by Crippen LogP contribution is -1.70. The summed E-state index contributed by atoms with van der Waals surface area (Å²) in [5, 5.41) is 1.04. The van der Waals surface area contributed by atoms with Crippen LogP contribution in [-0.2, 0) is 0 Å². The summed E-state index contributed by atoms with van der Waals surface area (Å²) in [6.07, 6.45) is 3.52. The summed E-state index contributed by atoms with van der Waals surface area (Å²) in [4.78, 5) is 7.01.